The molecule has 0 aliphatic carbocycles. The lowest BCUT2D eigenvalue weighted by atomic mass is 10.1. The molecule has 2 amide bonds. The average molecular weight is 280 g/mol. The Morgan fingerprint density at radius 2 is 1.75 bits per heavy atom. The molecular formula is C15H21FN2O2. The van der Waals surface area contributed by atoms with Gasteiger partial charge in [-0.3, -0.25) is 9.59 Å². The number of carbonyl (C=O) groups excluding carboxylic acids is 2. The lowest BCUT2D eigenvalue weighted by Gasteiger charge is -2.08. The first-order chi connectivity index (χ1) is 9.47. The van der Waals surface area contributed by atoms with Crippen molar-refractivity contribution >= 4 is 11.8 Å². The van der Waals surface area contributed by atoms with Gasteiger partial charge in [-0.15, -0.1) is 0 Å². The number of benzene rings is 1. The molecule has 2 N–H and O–H groups in total. The van der Waals surface area contributed by atoms with Gasteiger partial charge in [0.05, 0.1) is 13.0 Å². The Morgan fingerprint density at radius 1 is 1.10 bits per heavy atom. The molecule has 0 radical (unpaired) electrons. The van der Waals surface area contributed by atoms with Crippen LogP contribution in [-0.2, 0) is 16.0 Å². The van der Waals surface area contributed by atoms with E-state index in [-0.39, 0.29) is 30.6 Å². The summed E-state index contributed by atoms with van der Waals surface area (Å²) in [4.78, 5) is 23.0. The Bertz CT molecular complexity index is 444. The summed E-state index contributed by atoms with van der Waals surface area (Å²) >= 11 is 0. The van der Waals surface area contributed by atoms with Crippen molar-refractivity contribution in [1.82, 2.24) is 10.6 Å². The first-order valence-electron chi connectivity index (χ1n) is 6.75. The van der Waals surface area contributed by atoms with Gasteiger partial charge in [-0.05, 0) is 30.0 Å². The van der Waals surface area contributed by atoms with Crippen LogP contribution in [0.5, 0.6) is 0 Å². The zero-order valence-electron chi connectivity index (χ0n) is 11.9. The summed E-state index contributed by atoms with van der Waals surface area (Å²) in [6.07, 6.45) is 1.05. The molecule has 0 atom stereocenters. The molecule has 0 fully saturated rings. The van der Waals surface area contributed by atoms with Gasteiger partial charge in [0.2, 0.25) is 11.8 Å². The fourth-order valence-corrected chi connectivity index (χ4v) is 1.59. The monoisotopic (exact) mass is 280 g/mol. The Hall–Kier alpha value is -1.91. The second-order valence-electron chi connectivity index (χ2n) is 5.11. The Labute approximate surface area is 118 Å². The molecule has 0 aliphatic rings. The molecule has 0 aromatic heterocycles. The fraction of sp³-hybridized carbons (Fsp3) is 0.467. The van der Waals surface area contributed by atoms with Crippen LogP contribution in [0.25, 0.3) is 0 Å². The summed E-state index contributed by atoms with van der Waals surface area (Å²) in [6, 6.07) is 5.72. The first kappa shape index (κ1) is 16.1. The molecule has 5 heteroatoms. The molecule has 0 bridgehead atoms. The fourth-order valence-electron chi connectivity index (χ4n) is 1.59. The van der Waals surface area contributed by atoms with E-state index >= 15 is 0 Å². The zero-order valence-corrected chi connectivity index (χ0v) is 11.9. The molecule has 20 heavy (non-hydrogen) atoms. The van der Waals surface area contributed by atoms with E-state index in [2.05, 4.69) is 24.5 Å². The summed E-state index contributed by atoms with van der Waals surface area (Å²) in [6.45, 7) is 4.75. The predicted octanol–water partition coefficient (Wildman–Crippen LogP) is 1.65. The molecule has 0 saturated carbocycles. The van der Waals surface area contributed by atoms with Gasteiger partial charge in [0, 0.05) is 6.54 Å². The summed E-state index contributed by atoms with van der Waals surface area (Å²) in [5, 5.41) is 5.28. The third-order valence-corrected chi connectivity index (χ3v) is 2.77. The lowest BCUT2D eigenvalue weighted by molar-refractivity contribution is -0.125. The number of hydrogen-bond donors (Lipinski definition) is 2. The standard InChI is InChI=1S/C15H21FN2O2/c1-11(2)7-8-17-15(20)10-18-14(19)9-12-3-5-13(16)6-4-12/h3-6,11H,7-10H2,1-2H3,(H,17,20)(H,18,19). The van der Waals surface area contributed by atoms with Gasteiger partial charge >= 0.3 is 0 Å². The molecule has 0 saturated heterocycles. The van der Waals surface area contributed by atoms with Crippen LogP contribution >= 0.6 is 0 Å². The van der Waals surface area contributed by atoms with Crippen molar-refractivity contribution < 1.29 is 14.0 Å². The van der Waals surface area contributed by atoms with E-state index in [0.717, 1.165) is 6.42 Å². The van der Waals surface area contributed by atoms with Crippen molar-refractivity contribution in [1.29, 1.82) is 0 Å². The van der Waals surface area contributed by atoms with E-state index in [0.29, 0.717) is 18.0 Å². The second kappa shape index (κ2) is 8.30. The Balaban J connectivity index is 2.22. The molecule has 1 aromatic rings. The van der Waals surface area contributed by atoms with E-state index in [1.807, 2.05) is 0 Å². The van der Waals surface area contributed by atoms with Crippen LogP contribution < -0.4 is 10.6 Å². The van der Waals surface area contributed by atoms with Crippen LogP contribution in [0.3, 0.4) is 0 Å². The average Bonchev–Trinajstić information content (AvgIpc) is 2.39. The van der Waals surface area contributed by atoms with Crippen molar-refractivity contribution in [2.24, 2.45) is 5.92 Å². The van der Waals surface area contributed by atoms with Gasteiger partial charge in [0.25, 0.3) is 0 Å². The van der Waals surface area contributed by atoms with Crippen molar-refractivity contribution in [2.45, 2.75) is 26.7 Å². The smallest absolute Gasteiger partial charge is 0.239 e. The topological polar surface area (TPSA) is 58.2 Å². The first-order valence-corrected chi connectivity index (χ1v) is 6.75. The van der Waals surface area contributed by atoms with E-state index in [9.17, 15) is 14.0 Å². The molecule has 0 unspecified atom stereocenters. The molecule has 110 valence electrons. The molecule has 0 spiro atoms. The molecule has 0 heterocycles. The van der Waals surface area contributed by atoms with Crippen LogP contribution in [0, 0.1) is 11.7 Å². The SMILES string of the molecule is CC(C)CCNC(=O)CNC(=O)Cc1ccc(F)cc1. The summed E-state index contributed by atoms with van der Waals surface area (Å²) in [7, 11) is 0. The van der Waals surface area contributed by atoms with E-state index in [1.54, 1.807) is 12.1 Å². The highest BCUT2D eigenvalue weighted by Gasteiger charge is 2.06. The second-order valence-corrected chi connectivity index (χ2v) is 5.11. The minimum absolute atomic E-state index is 0.0296. The molecule has 4 nitrogen and oxygen atoms in total. The van der Waals surface area contributed by atoms with Crippen LogP contribution in [0.2, 0.25) is 0 Å². The lowest BCUT2D eigenvalue weighted by Crippen LogP contribution is -2.38. The Morgan fingerprint density at radius 3 is 2.35 bits per heavy atom. The van der Waals surface area contributed by atoms with Crippen molar-refractivity contribution in [3.8, 4) is 0 Å². The number of amides is 2. The summed E-state index contributed by atoms with van der Waals surface area (Å²) in [5.41, 5.74) is 0.712. The van der Waals surface area contributed by atoms with Crippen LogP contribution in [0.1, 0.15) is 25.8 Å². The van der Waals surface area contributed by atoms with E-state index in [1.165, 1.54) is 12.1 Å². The zero-order chi connectivity index (χ0) is 15.0. The van der Waals surface area contributed by atoms with Gasteiger partial charge < -0.3 is 10.6 Å². The van der Waals surface area contributed by atoms with Gasteiger partial charge in [0.1, 0.15) is 5.82 Å². The van der Waals surface area contributed by atoms with Crippen LogP contribution in [-0.4, -0.2) is 24.9 Å². The summed E-state index contributed by atoms with van der Waals surface area (Å²) in [5.74, 6) is -0.254. The van der Waals surface area contributed by atoms with E-state index < -0.39 is 0 Å². The molecule has 1 rings (SSSR count). The third kappa shape index (κ3) is 6.87. The quantitative estimate of drug-likeness (QED) is 0.798. The maximum absolute atomic E-state index is 12.7. The maximum Gasteiger partial charge on any atom is 0.239 e. The minimum Gasteiger partial charge on any atom is -0.355 e. The highest BCUT2D eigenvalue weighted by molar-refractivity contribution is 5.85. The Kier molecular flexibility index (Phi) is 6.70. The van der Waals surface area contributed by atoms with Gasteiger partial charge in [-0.25, -0.2) is 4.39 Å². The van der Waals surface area contributed by atoms with Crippen LogP contribution in [0.4, 0.5) is 4.39 Å². The number of carbonyl (C=O) groups is 2. The number of halogens is 1. The van der Waals surface area contributed by atoms with Crippen molar-refractivity contribution in [3.63, 3.8) is 0 Å². The third-order valence-electron chi connectivity index (χ3n) is 2.77. The normalized spacial score (nSPS) is 10.4. The van der Waals surface area contributed by atoms with Crippen molar-refractivity contribution in [2.75, 3.05) is 13.1 Å². The van der Waals surface area contributed by atoms with Gasteiger partial charge in [-0.2, -0.15) is 0 Å². The summed E-state index contributed by atoms with van der Waals surface area (Å²) < 4.78 is 12.7. The highest BCUT2D eigenvalue weighted by atomic mass is 19.1. The molecule has 0 aliphatic heterocycles. The number of hydrogen-bond acceptors (Lipinski definition) is 2. The van der Waals surface area contributed by atoms with E-state index in [4.69, 9.17) is 0 Å². The maximum atomic E-state index is 12.7. The van der Waals surface area contributed by atoms with Gasteiger partial charge in [0.15, 0.2) is 0 Å². The van der Waals surface area contributed by atoms with Gasteiger partial charge in [-0.1, -0.05) is 26.0 Å². The number of nitrogens with one attached hydrogen (secondary N) is 2. The number of rotatable bonds is 7. The molecule has 1 aromatic carbocycles. The molecular weight excluding hydrogens is 259 g/mol. The van der Waals surface area contributed by atoms with Crippen molar-refractivity contribution in [3.05, 3.63) is 35.6 Å². The minimum atomic E-state index is -0.335. The van der Waals surface area contributed by atoms with Crippen LogP contribution in [0.15, 0.2) is 24.3 Å². The predicted molar refractivity (Wildman–Crippen MR) is 75.6 cm³/mol. The highest BCUT2D eigenvalue weighted by Crippen LogP contribution is 2.03. The largest absolute Gasteiger partial charge is 0.355 e.